The van der Waals surface area contributed by atoms with Gasteiger partial charge in [-0.15, -0.1) is 0 Å². The predicted octanol–water partition coefficient (Wildman–Crippen LogP) is 3.00. The van der Waals surface area contributed by atoms with E-state index >= 15 is 0 Å². The van der Waals surface area contributed by atoms with Crippen molar-refractivity contribution >= 4 is 22.0 Å². The van der Waals surface area contributed by atoms with Crippen LogP contribution in [0.3, 0.4) is 0 Å². The van der Waals surface area contributed by atoms with E-state index in [0.717, 1.165) is 10.0 Å². The molecule has 0 fully saturated rings. The summed E-state index contributed by atoms with van der Waals surface area (Å²) in [6, 6.07) is 5.52. The summed E-state index contributed by atoms with van der Waals surface area (Å²) in [6.07, 6.45) is 3.06. The summed E-state index contributed by atoms with van der Waals surface area (Å²) in [4.78, 5) is 0. The first-order valence-electron chi connectivity index (χ1n) is 4.21. The molecule has 0 N–H and O–H groups in total. The van der Waals surface area contributed by atoms with Crippen LogP contribution >= 0.6 is 15.9 Å². The first-order valence-corrected chi connectivity index (χ1v) is 5.00. The lowest BCUT2D eigenvalue weighted by Gasteiger charge is -2.10. The topological polar surface area (TPSA) is 42.2 Å². The number of benzene rings is 1. The molecule has 78 valence electrons. The van der Waals surface area contributed by atoms with Crippen LogP contribution in [0.4, 0.5) is 0 Å². The van der Waals surface area contributed by atoms with Crippen molar-refractivity contribution in [1.82, 2.24) is 0 Å². The van der Waals surface area contributed by atoms with Crippen LogP contribution in [0, 0.1) is 11.3 Å². The van der Waals surface area contributed by atoms with Crippen LogP contribution in [0.5, 0.6) is 11.5 Å². The number of ether oxygens (including phenoxy) is 2. The van der Waals surface area contributed by atoms with Crippen LogP contribution in [0.25, 0.3) is 6.08 Å². The molecule has 0 heterocycles. The average molecular weight is 268 g/mol. The molecule has 3 nitrogen and oxygen atoms in total. The largest absolute Gasteiger partial charge is 0.496 e. The predicted molar refractivity (Wildman–Crippen MR) is 61.9 cm³/mol. The average Bonchev–Trinajstić information content (AvgIpc) is 2.27. The number of nitriles is 1. The van der Waals surface area contributed by atoms with Gasteiger partial charge in [-0.05, 0) is 34.1 Å². The maximum Gasteiger partial charge on any atom is 0.133 e. The highest BCUT2D eigenvalue weighted by molar-refractivity contribution is 9.10. The third kappa shape index (κ3) is 2.51. The molecule has 1 aromatic rings. The first kappa shape index (κ1) is 11.6. The van der Waals surface area contributed by atoms with Crippen LogP contribution in [-0.4, -0.2) is 14.2 Å². The highest BCUT2D eigenvalue weighted by Crippen LogP contribution is 2.35. The van der Waals surface area contributed by atoms with Crippen LogP contribution in [0.2, 0.25) is 0 Å². The molecule has 0 saturated carbocycles. The second-order valence-electron chi connectivity index (χ2n) is 2.66. The summed E-state index contributed by atoms with van der Waals surface area (Å²) in [7, 11) is 3.17. The number of halogens is 1. The number of methoxy groups -OCH3 is 2. The standard InChI is InChI=1S/C11H10BrNO2/c1-14-9-5-6-10(15-2)11(12)8(9)4-3-7-13/h3-6H,1-2H3. The van der Waals surface area contributed by atoms with Gasteiger partial charge in [0.2, 0.25) is 0 Å². The van der Waals surface area contributed by atoms with Gasteiger partial charge in [-0.1, -0.05) is 0 Å². The molecule has 4 heteroatoms. The van der Waals surface area contributed by atoms with E-state index in [1.165, 1.54) is 6.08 Å². The van der Waals surface area contributed by atoms with Crippen molar-refractivity contribution in [2.45, 2.75) is 0 Å². The second-order valence-corrected chi connectivity index (χ2v) is 3.45. The van der Waals surface area contributed by atoms with Crippen LogP contribution in [0.15, 0.2) is 22.7 Å². The fraction of sp³-hybridized carbons (Fsp3) is 0.182. The molecule has 0 aliphatic carbocycles. The Morgan fingerprint density at radius 1 is 1.27 bits per heavy atom. The van der Waals surface area contributed by atoms with Crippen LogP contribution in [-0.2, 0) is 0 Å². The van der Waals surface area contributed by atoms with Gasteiger partial charge in [0.25, 0.3) is 0 Å². The Morgan fingerprint density at radius 3 is 2.40 bits per heavy atom. The molecule has 0 spiro atoms. The van der Waals surface area contributed by atoms with Crippen molar-refractivity contribution in [3.63, 3.8) is 0 Å². The van der Waals surface area contributed by atoms with E-state index in [1.807, 2.05) is 6.07 Å². The Kier molecular flexibility index (Phi) is 4.19. The van der Waals surface area contributed by atoms with Crippen LogP contribution < -0.4 is 9.47 Å². The zero-order valence-corrected chi connectivity index (χ0v) is 10.0. The molecular weight excluding hydrogens is 258 g/mol. The van der Waals surface area contributed by atoms with Gasteiger partial charge >= 0.3 is 0 Å². The summed E-state index contributed by atoms with van der Waals surface area (Å²) in [5.74, 6) is 1.39. The number of allylic oxidation sites excluding steroid dienone is 1. The van der Waals surface area contributed by atoms with E-state index in [2.05, 4.69) is 15.9 Å². The summed E-state index contributed by atoms with van der Waals surface area (Å²) >= 11 is 3.40. The molecule has 0 unspecified atom stereocenters. The van der Waals surface area contributed by atoms with Gasteiger partial charge in [-0.3, -0.25) is 0 Å². The Morgan fingerprint density at radius 2 is 1.87 bits per heavy atom. The number of hydrogen-bond donors (Lipinski definition) is 0. The van der Waals surface area contributed by atoms with Crippen molar-refractivity contribution in [1.29, 1.82) is 5.26 Å². The molecule has 0 radical (unpaired) electrons. The quantitative estimate of drug-likeness (QED) is 0.791. The van der Waals surface area contributed by atoms with Gasteiger partial charge < -0.3 is 9.47 Å². The fourth-order valence-corrected chi connectivity index (χ4v) is 1.79. The molecule has 0 saturated heterocycles. The third-order valence-corrected chi connectivity index (χ3v) is 2.69. The van der Waals surface area contributed by atoms with E-state index in [9.17, 15) is 0 Å². The maximum absolute atomic E-state index is 8.48. The molecule has 0 aromatic heterocycles. The molecular formula is C11H10BrNO2. The van der Waals surface area contributed by atoms with Gasteiger partial charge in [0, 0.05) is 11.6 Å². The van der Waals surface area contributed by atoms with E-state index < -0.39 is 0 Å². The SMILES string of the molecule is COc1ccc(OC)c(C=CC#N)c1Br. The third-order valence-electron chi connectivity index (χ3n) is 1.87. The minimum Gasteiger partial charge on any atom is -0.496 e. The smallest absolute Gasteiger partial charge is 0.133 e. The lowest BCUT2D eigenvalue weighted by Crippen LogP contribution is -1.91. The Labute approximate surface area is 97.1 Å². The number of nitrogens with zero attached hydrogens (tertiary/aromatic N) is 1. The highest BCUT2D eigenvalue weighted by Gasteiger charge is 2.09. The Balaban J connectivity index is 3.30. The Bertz CT molecular complexity index is 421. The molecule has 0 bridgehead atoms. The lowest BCUT2D eigenvalue weighted by atomic mass is 10.1. The zero-order chi connectivity index (χ0) is 11.3. The van der Waals surface area contributed by atoms with Crippen molar-refractivity contribution in [2.75, 3.05) is 14.2 Å². The number of hydrogen-bond acceptors (Lipinski definition) is 3. The van der Waals surface area contributed by atoms with E-state index in [-0.39, 0.29) is 0 Å². The van der Waals surface area contributed by atoms with Crippen molar-refractivity contribution in [3.8, 4) is 17.6 Å². The van der Waals surface area contributed by atoms with Gasteiger partial charge in [0.1, 0.15) is 11.5 Å². The fourth-order valence-electron chi connectivity index (χ4n) is 1.17. The molecule has 0 aliphatic rings. The van der Waals surface area contributed by atoms with E-state index in [0.29, 0.717) is 11.5 Å². The van der Waals surface area contributed by atoms with Gasteiger partial charge in [-0.2, -0.15) is 5.26 Å². The molecule has 0 aliphatic heterocycles. The summed E-state index contributed by atoms with van der Waals surface area (Å²) in [5, 5.41) is 8.48. The van der Waals surface area contributed by atoms with Crippen LogP contribution in [0.1, 0.15) is 5.56 Å². The first-order chi connectivity index (χ1) is 7.24. The summed E-state index contributed by atoms with van der Waals surface area (Å²) in [5.41, 5.74) is 0.790. The highest BCUT2D eigenvalue weighted by atomic mass is 79.9. The van der Waals surface area contributed by atoms with Crippen molar-refractivity contribution in [2.24, 2.45) is 0 Å². The monoisotopic (exact) mass is 267 g/mol. The molecule has 1 rings (SSSR count). The van der Waals surface area contributed by atoms with Crippen molar-refractivity contribution in [3.05, 3.63) is 28.2 Å². The molecule has 0 atom stereocenters. The minimum absolute atomic E-state index is 0.689. The van der Waals surface area contributed by atoms with Gasteiger partial charge in [-0.25, -0.2) is 0 Å². The zero-order valence-electron chi connectivity index (χ0n) is 8.45. The lowest BCUT2D eigenvalue weighted by molar-refractivity contribution is 0.400. The summed E-state index contributed by atoms with van der Waals surface area (Å²) < 4.78 is 11.1. The molecule has 0 amide bonds. The molecule has 1 aromatic carbocycles. The van der Waals surface area contributed by atoms with Crippen molar-refractivity contribution < 1.29 is 9.47 Å². The van der Waals surface area contributed by atoms with E-state index in [1.54, 1.807) is 32.4 Å². The van der Waals surface area contributed by atoms with Gasteiger partial charge in [0.05, 0.1) is 24.8 Å². The number of rotatable bonds is 3. The molecule has 15 heavy (non-hydrogen) atoms. The van der Waals surface area contributed by atoms with E-state index in [4.69, 9.17) is 14.7 Å². The normalized spacial score (nSPS) is 10.0. The second kappa shape index (κ2) is 5.42. The maximum atomic E-state index is 8.48. The van der Waals surface area contributed by atoms with Gasteiger partial charge in [0.15, 0.2) is 0 Å². The minimum atomic E-state index is 0.689. The summed E-state index contributed by atoms with van der Waals surface area (Å²) in [6.45, 7) is 0. The Hall–Kier alpha value is -1.47.